The summed E-state index contributed by atoms with van der Waals surface area (Å²) < 4.78 is 8.52. The SMILES string of the molecule is CC1CCN(C(=O)c2cc3c(=O)n4ccccc4nc3n(Cc3ccco3)c2=N)CC1. The highest BCUT2D eigenvalue weighted by atomic mass is 16.3. The maximum Gasteiger partial charge on any atom is 0.267 e. The molecule has 0 atom stereocenters. The summed E-state index contributed by atoms with van der Waals surface area (Å²) in [5, 5.41) is 9.13. The molecule has 0 spiro atoms. The molecule has 4 aromatic heterocycles. The van der Waals surface area contributed by atoms with Crippen molar-refractivity contribution in [3.05, 3.63) is 76.0 Å². The average molecular weight is 417 g/mol. The predicted molar refractivity (Wildman–Crippen MR) is 115 cm³/mol. The summed E-state index contributed by atoms with van der Waals surface area (Å²) in [7, 11) is 0. The summed E-state index contributed by atoms with van der Waals surface area (Å²) >= 11 is 0. The van der Waals surface area contributed by atoms with Gasteiger partial charge in [-0.2, -0.15) is 0 Å². The zero-order valence-electron chi connectivity index (χ0n) is 17.2. The fourth-order valence-electron chi connectivity index (χ4n) is 4.14. The summed E-state index contributed by atoms with van der Waals surface area (Å²) in [4.78, 5) is 33.0. The van der Waals surface area contributed by atoms with Crippen LogP contribution in [0.1, 0.15) is 35.9 Å². The van der Waals surface area contributed by atoms with Gasteiger partial charge in [0, 0.05) is 19.3 Å². The Bertz CT molecular complexity index is 1390. The number of hydrogen-bond acceptors (Lipinski definition) is 5. The Hall–Kier alpha value is -3.68. The lowest BCUT2D eigenvalue weighted by Gasteiger charge is -2.30. The second-order valence-electron chi connectivity index (χ2n) is 8.13. The molecule has 0 aliphatic carbocycles. The molecule has 0 aromatic carbocycles. The first-order valence-corrected chi connectivity index (χ1v) is 10.4. The van der Waals surface area contributed by atoms with Crippen molar-refractivity contribution in [1.29, 1.82) is 5.41 Å². The van der Waals surface area contributed by atoms with Crippen LogP contribution in [0.2, 0.25) is 0 Å². The minimum Gasteiger partial charge on any atom is -0.467 e. The van der Waals surface area contributed by atoms with Crippen molar-refractivity contribution in [2.45, 2.75) is 26.3 Å². The van der Waals surface area contributed by atoms with E-state index in [4.69, 9.17) is 9.83 Å². The fraction of sp³-hybridized carbons (Fsp3) is 0.304. The zero-order chi connectivity index (χ0) is 21.5. The Kier molecular flexibility index (Phi) is 4.69. The van der Waals surface area contributed by atoms with Crippen LogP contribution in [0.5, 0.6) is 0 Å². The van der Waals surface area contributed by atoms with Gasteiger partial charge in [0.15, 0.2) is 0 Å². The summed E-state index contributed by atoms with van der Waals surface area (Å²) in [5.41, 5.74) is 0.816. The molecule has 158 valence electrons. The largest absolute Gasteiger partial charge is 0.467 e. The van der Waals surface area contributed by atoms with E-state index < -0.39 is 0 Å². The predicted octanol–water partition coefficient (Wildman–Crippen LogP) is 2.64. The molecule has 1 aliphatic heterocycles. The number of piperidine rings is 1. The van der Waals surface area contributed by atoms with E-state index in [1.54, 1.807) is 52.3 Å². The van der Waals surface area contributed by atoms with E-state index in [1.165, 1.54) is 10.5 Å². The minimum absolute atomic E-state index is 0.0275. The highest BCUT2D eigenvalue weighted by Crippen LogP contribution is 2.19. The molecule has 1 aliphatic rings. The fourth-order valence-corrected chi connectivity index (χ4v) is 4.14. The van der Waals surface area contributed by atoms with Crippen LogP contribution >= 0.6 is 0 Å². The maximum atomic E-state index is 13.3. The van der Waals surface area contributed by atoms with Crippen LogP contribution in [0.25, 0.3) is 16.7 Å². The van der Waals surface area contributed by atoms with E-state index in [9.17, 15) is 9.59 Å². The Morgan fingerprint density at radius 3 is 2.77 bits per heavy atom. The monoisotopic (exact) mass is 417 g/mol. The van der Waals surface area contributed by atoms with Gasteiger partial charge in [-0.15, -0.1) is 0 Å². The number of carbonyl (C=O) groups is 1. The number of amides is 1. The molecule has 5 heterocycles. The van der Waals surface area contributed by atoms with Crippen LogP contribution in [0.15, 0.2) is 58.1 Å². The zero-order valence-corrected chi connectivity index (χ0v) is 17.2. The van der Waals surface area contributed by atoms with Crippen LogP contribution in [0.4, 0.5) is 0 Å². The van der Waals surface area contributed by atoms with Gasteiger partial charge < -0.3 is 13.9 Å². The maximum absolute atomic E-state index is 13.3. The lowest BCUT2D eigenvalue weighted by atomic mass is 9.98. The van der Waals surface area contributed by atoms with Crippen molar-refractivity contribution in [1.82, 2.24) is 18.9 Å². The third-order valence-electron chi connectivity index (χ3n) is 6.01. The molecule has 0 bridgehead atoms. The highest BCUT2D eigenvalue weighted by molar-refractivity contribution is 5.97. The molecule has 8 nitrogen and oxygen atoms in total. The van der Waals surface area contributed by atoms with E-state index in [1.807, 2.05) is 0 Å². The molecule has 0 unspecified atom stereocenters. The van der Waals surface area contributed by atoms with Gasteiger partial charge in [-0.05, 0) is 49.1 Å². The molecule has 1 N–H and O–H groups in total. The van der Waals surface area contributed by atoms with E-state index in [0.717, 1.165) is 12.8 Å². The third-order valence-corrected chi connectivity index (χ3v) is 6.01. The summed E-state index contributed by atoms with van der Waals surface area (Å²) in [6.45, 7) is 3.70. The van der Waals surface area contributed by atoms with Crippen LogP contribution in [-0.4, -0.2) is 37.8 Å². The topological polar surface area (TPSA) is 96.6 Å². The smallest absolute Gasteiger partial charge is 0.267 e. The molecule has 8 heteroatoms. The summed E-state index contributed by atoms with van der Waals surface area (Å²) in [6.07, 6.45) is 5.09. The normalized spacial score (nSPS) is 15.1. The Labute approximate surface area is 177 Å². The van der Waals surface area contributed by atoms with Crippen molar-refractivity contribution < 1.29 is 9.21 Å². The van der Waals surface area contributed by atoms with Crippen LogP contribution in [0.3, 0.4) is 0 Å². The number of rotatable bonds is 3. The average Bonchev–Trinajstić information content (AvgIpc) is 3.29. The number of hydrogen-bond donors (Lipinski definition) is 1. The van der Waals surface area contributed by atoms with Gasteiger partial charge in [0.2, 0.25) is 0 Å². The van der Waals surface area contributed by atoms with E-state index in [0.29, 0.717) is 41.4 Å². The lowest BCUT2D eigenvalue weighted by Crippen LogP contribution is -2.41. The Balaban J connectivity index is 1.74. The molecule has 1 saturated heterocycles. The number of likely N-dealkylation sites (tertiary alicyclic amines) is 1. The molecular weight excluding hydrogens is 394 g/mol. The number of fused-ring (bicyclic) bond motifs is 2. The quantitative estimate of drug-likeness (QED) is 0.518. The number of pyridine rings is 2. The van der Waals surface area contributed by atoms with Crippen molar-refractivity contribution in [3.8, 4) is 0 Å². The number of nitrogens with zero attached hydrogens (tertiary/aromatic N) is 4. The molecule has 5 rings (SSSR count). The van der Waals surface area contributed by atoms with Crippen molar-refractivity contribution in [3.63, 3.8) is 0 Å². The summed E-state index contributed by atoms with van der Waals surface area (Å²) in [5.74, 6) is 0.982. The minimum atomic E-state index is -0.268. The van der Waals surface area contributed by atoms with Gasteiger partial charge in [0.25, 0.3) is 11.5 Å². The van der Waals surface area contributed by atoms with E-state index in [-0.39, 0.29) is 29.1 Å². The van der Waals surface area contributed by atoms with Gasteiger partial charge in [-0.3, -0.25) is 19.4 Å². The van der Waals surface area contributed by atoms with Crippen LogP contribution < -0.4 is 11.0 Å². The second-order valence-corrected chi connectivity index (χ2v) is 8.13. The van der Waals surface area contributed by atoms with Gasteiger partial charge in [-0.1, -0.05) is 13.0 Å². The molecule has 4 aromatic rings. The number of aromatic nitrogens is 3. The first-order chi connectivity index (χ1) is 15.0. The Morgan fingerprint density at radius 2 is 2.03 bits per heavy atom. The number of furan rings is 1. The van der Waals surface area contributed by atoms with Gasteiger partial charge in [0.1, 0.15) is 22.5 Å². The van der Waals surface area contributed by atoms with Crippen molar-refractivity contribution in [2.75, 3.05) is 13.1 Å². The molecule has 31 heavy (non-hydrogen) atoms. The highest BCUT2D eigenvalue weighted by Gasteiger charge is 2.25. The standard InChI is InChI=1S/C23H23N5O3/c1-15-7-10-26(11-8-15)22(29)17-13-18-21(25-19-6-2-3-9-27(19)23(18)30)28(20(17)24)14-16-5-4-12-31-16/h2-6,9,12-13,15,24H,7-8,10-11,14H2,1H3. The van der Waals surface area contributed by atoms with Crippen molar-refractivity contribution >= 4 is 22.6 Å². The molecule has 0 saturated carbocycles. The van der Waals surface area contributed by atoms with Gasteiger partial charge in [-0.25, -0.2) is 4.98 Å². The van der Waals surface area contributed by atoms with Crippen LogP contribution in [0, 0.1) is 11.3 Å². The number of nitrogens with one attached hydrogen (secondary N) is 1. The molecular formula is C23H23N5O3. The molecule has 1 amide bonds. The second kappa shape index (κ2) is 7.54. The first-order valence-electron chi connectivity index (χ1n) is 10.4. The summed E-state index contributed by atoms with van der Waals surface area (Å²) in [6, 6.07) is 10.4. The lowest BCUT2D eigenvalue weighted by molar-refractivity contribution is 0.0694. The third kappa shape index (κ3) is 3.34. The first kappa shape index (κ1) is 19.3. The van der Waals surface area contributed by atoms with Gasteiger partial charge in [0.05, 0.1) is 23.8 Å². The van der Waals surface area contributed by atoms with E-state index in [2.05, 4.69) is 11.9 Å². The number of carbonyl (C=O) groups excluding carboxylic acids is 1. The van der Waals surface area contributed by atoms with Crippen LogP contribution in [-0.2, 0) is 6.54 Å². The Morgan fingerprint density at radius 1 is 1.23 bits per heavy atom. The molecule has 0 radical (unpaired) electrons. The molecule has 1 fully saturated rings. The van der Waals surface area contributed by atoms with E-state index >= 15 is 0 Å². The van der Waals surface area contributed by atoms with Gasteiger partial charge >= 0.3 is 0 Å². The van der Waals surface area contributed by atoms with Crippen molar-refractivity contribution in [2.24, 2.45) is 5.92 Å².